The molecule has 3 atom stereocenters. The topological polar surface area (TPSA) is 58.6 Å². The molecule has 0 aliphatic heterocycles. The van der Waals surface area contributed by atoms with E-state index in [4.69, 9.17) is 4.74 Å². The monoisotopic (exact) mass is 489 g/mol. The van der Waals surface area contributed by atoms with Gasteiger partial charge in [0.15, 0.2) is 0 Å². The van der Waals surface area contributed by atoms with Crippen LogP contribution >= 0.6 is 0 Å². The molecule has 1 aromatic carbocycles. The van der Waals surface area contributed by atoms with E-state index in [1.807, 2.05) is 13.0 Å². The van der Waals surface area contributed by atoms with Crippen molar-refractivity contribution in [1.29, 1.82) is 0 Å². The Morgan fingerprint density at radius 2 is 1.86 bits per heavy atom. The number of carbonyl (C=O) groups is 1. The second kappa shape index (κ2) is 12.1. The Morgan fingerprint density at radius 1 is 1.17 bits per heavy atom. The van der Waals surface area contributed by atoms with E-state index in [0.717, 1.165) is 24.1 Å². The molecule has 1 aliphatic carbocycles. The molecule has 0 aromatic heterocycles. The van der Waals surface area contributed by atoms with Crippen LogP contribution in [0.4, 0.5) is 18.9 Å². The number of phenolic OH excluding ortho intramolecular Hbond substituents is 1. The molecule has 4 nitrogen and oxygen atoms in total. The number of nitrogens with one attached hydrogen (secondary N) is 1. The summed E-state index contributed by atoms with van der Waals surface area (Å²) in [6.45, 7) is 10.3. The lowest BCUT2D eigenvalue weighted by Gasteiger charge is -2.35. The third-order valence-electron chi connectivity index (χ3n) is 6.35. The van der Waals surface area contributed by atoms with Crippen LogP contribution in [-0.2, 0) is 15.7 Å². The van der Waals surface area contributed by atoms with E-state index in [1.165, 1.54) is 17.2 Å². The number of benzene rings is 1. The Balaban J connectivity index is 2.03. The van der Waals surface area contributed by atoms with Crippen LogP contribution in [0.25, 0.3) is 0 Å². The predicted octanol–water partition coefficient (Wildman–Crippen LogP) is 7.36. The van der Waals surface area contributed by atoms with Crippen LogP contribution in [0.5, 0.6) is 5.75 Å². The van der Waals surface area contributed by atoms with E-state index in [2.05, 4.69) is 38.2 Å². The first kappa shape index (κ1) is 28.2. The molecular formula is C28H34F3NO3. The molecule has 0 saturated heterocycles. The number of allylic oxidation sites excluding steroid dienone is 8. The number of ether oxygens (including phenoxy) is 1. The first-order chi connectivity index (χ1) is 16.3. The number of hydrogen-bond donors (Lipinski definition) is 2. The third kappa shape index (κ3) is 7.99. The molecule has 0 bridgehead atoms. The normalized spacial score (nSPS) is 22.4. The van der Waals surface area contributed by atoms with Crippen LogP contribution in [-0.4, -0.2) is 24.2 Å². The molecule has 0 heterocycles. The summed E-state index contributed by atoms with van der Waals surface area (Å²) in [6.07, 6.45) is 7.49. The number of alkyl halides is 3. The molecule has 0 saturated carbocycles. The first-order valence-corrected chi connectivity index (χ1v) is 11.5. The Labute approximate surface area is 205 Å². The van der Waals surface area contributed by atoms with Crippen molar-refractivity contribution in [3.05, 3.63) is 82.5 Å². The van der Waals surface area contributed by atoms with E-state index in [9.17, 15) is 23.1 Å². The summed E-state index contributed by atoms with van der Waals surface area (Å²) >= 11 is 0. The highest BCUT2D eigenvalue weighted by Gasteiger charge is 2.31. The molecule has 190 valence electrons. The number of aromatic hydroxyl groups is 1. The molecule has 1 aromatic rings. The van der Waals surface area contributed by atoms with Crippen LogP contribution in [0.15, 0.2) is 76.9 Å². The Hall–Kier alpha value is -3.06. The van der Waals surface area contributed by atoms with Gasteiger partial charge in [0.25, 0.3) is 0 Å². The molecule has 1 aliphatic rings. The molecule has 0 spiro atoms. The summed E-state index contributed by atoms with van der Waals surface area (Å²) in [4.78, 5) is 12.2. The number of methoxy groups -OCH3 is 1. The van der Waals surface area contributed by atoms with Crippen LogP contribution in [0.3, 0.4) is 0 Å². The first-order valence-electron chi connectivity index (χ1n) is 11.5. The SMILES string of the molecule is COC1CC(C)=C(/C=C/C(C)=C/C=C/C(C)=C/C(=O)Nc2cc(C(F)(F)F)ccc2O)C(C)C1C. The van der Waals surface area contributed by atoms with Gasteiger partial charge in [-0.2, -0.15) is 13.2 Å². The van der Waals surface area contributed by atoms with Gasteiger partial charge < -0.3 is 15.2 Å². The van der Waals surface area contributed by atoms with Gasteiger partial charge in [0.1, 0.15) is 5.75 Å². The lowest BCUT2D eigenvalue weighted by Crippen LogP contribution is -2.31. The Kier molecular flexibility index (Phi) is 9.72. The highest BCUT2D eigenvalue weighted by atomic mass is 19.4. The molecule has 0 radical (unpaired) electrons. The Bertz CT molecular complexity index is 1080. The number of phenols is 1. The molecule has 2 N–H and O–H groups in total. The van der Waals surface area contributed by atoms with Gasteiger partial charge in [-0.15, -0.1) is 0 Å². The predicted molar refractivity (Wildman–Crippen MR) is 134 cm³/mol. The van der Waals surface area contributed by atoms with Crippen LogP contribution in [0.1, 0.15) is 46.6 Å². The summed E-state index contributed by atoms with van der Waals surface area (Å²) in [6, 6.07) is 2.35. The van der Waals surface area contributed by atoms with Gasteiger partial charge in [-0.3, -0.25) is 4.79 Å². The maximum absolute atomic E-state index is 12.9. The van der Waals surface area contributed by atoms with Crippen molar-refractivity contribution in [3.63, 3.8) is 0 Å². The van der Waals surface area contributed by atoms with Gasteiger partial charge in [0, 0.05) is 13.2 Å². The van der Waals surface area contributed by atoms with Crippen LogP contribution < -0.4 is 5.32 Å². The molecule has 0 fully saturated rings. The average Bonchev–Trinajstić information content (AvgIpc) is 2.76. The van der Waals surface area contributed by atoms with Crippen molar-refractivity contribution >= 4 is 11.6 Å². The minimum atomic E-state index is -4.57. The number of carbonyl (C=O) groups excluding carboxylic acids is 1. The second-order valence-electron chi connectivity index (χ2n) is 9.07. The molecule has 3 unspecified atom stereocenters. The minimum absolute atomic E-state index is 0.242. The standard InChI is InChI=1S/C28H34F3NO3/c1-17(10-12-23-19(3)15-26(35-6)21(5)20(23)4)8-7-9-18(2)14-27(34)32-24-16-22(28(29,30)31)11-13-25(24)33/h7-14,16,20-21,26,33H,15H2,1-6H3,(H,32,34)/b9-7+,12-10+,17-8+,18-14+. The zero-order valence-electron chi connectivity index (χ0n) is 21.0. The third-order valence-corrected chi connectivity index (χ3v) is 6.35. The second-order valence-corrected chi connectivity index (χ2v) is 9.07. The zero-order valence-corrected chi connectivity index (χ0v) is 21.0. The smallest absolute Gasteiger partial charge is 0.416 e. The van der Waals surface area contributed by atoms with Crippen molar-refractivity contribution in [1.82, 2.24) is 0 Å². The van der Waals surface area contributed by atoms with Crippen LogP contribution in [0, 0.1) is 11.8 Å². The van der Waals surface area contributed by atoms with Crippen LogP contribution in [0.2, 0.25) is 0 Å². The quantitative estimate of drug-likeness (QED) is 0.239. The summed E-state index contributed by atoms with van der Waals surface area (Å²) in [5, 5.41) is 12.1. The fourth-order valence-electron chi connectivity index (χ4n) is 4.06. The molecule has 35 heavy (non-hydrogen) atoms. The van der Waals surface area contributed by atoms with Gasteiger partial charge in [0.2, 0.25) is 5.91 Å². The number of anilines is 1. The lowest BCUT2D eigenvalue weighted by atomic mass is 9.75. The van der Waals surface area contributed by atoms with E-state index >= 15 is 0 Å². The van der Waals surface area contributed by atoms with E-state index < -0.39 is 23.4 Å². The van der Waals surface area contributed by atoms with Crippen molar-refractivity contribution in [3.8, 4) is 5.75 Å². The van der Waals surface area contributed by atoms with Gasteiger partial charge in [-0.25, -0.2) is 0 Å². The number of hydrogen-bond acceptors (Lipinski definition) is 3. The van der Waals surface area contributed by atoms with Crippen molar-refractivity contribution in [2.45, 2.75) is 53.3 Å². The lowest BCUT2D eigenvalue weighted by molar-refractivity contribution is -0.137. The van der Waals surface area contributed by atoms with Crippen molar-refractivity contribution in [2.24, 2.45) is 11.8 Å². The number of amides is 1. The summed E-state index contributed by atoms with van der Waals surface area (Å²) in [7, 11) is 1.76. The zero-order chi connectivity index (χ0) is 26.3. The molecular weight excluding hydrogens is 455 g/mol. The summed E-state index contributed by atoms with van der Waals surface area (Å²) < 4.78 is 44.2. The molecule has 7 heteroatoms. The summed E-state index contributed by atoms with van der Waals surface area (Å²) in [5.74, 6) is -0.250. The van der Waals surface area contributed by atoms with E-state index in [-0.39, 0.29) is 11.8 Å². The van der Waals surface area contributed by atoms with E-state index in [0.29, 0.717) is 23.5 Å². The van der Waals surface area contributed by atoms with E-state index in [1.54, 1.807) is 26.2 Å². The Morgan fingerprint density at radius 3 is 2.49 bits per heavy atom. The largest absolute Gasteiger partial charge is 0.506 e. The molecule has 1 amide bonds. The fourth-order valence-corrected chi connectivity index (χ4v) is 4.06. The van der Waals surface area contributed by atoms with Gasteiger partial charge >= 0.3 is 6.18 Å². The van der Waals surface area contributed by atoms with Crippen molar-refractivity contribution < 1.29 is 27.8 Å². The van der Waals surface area contributed by atoms with Crippen molar-refractivity contribution in [2.75, 3.05) is 12.4 Å². The molecule has 2 rings (SSSR count). The van der Waals surface area contributed by atoms with Gasteiger partial charge in [-0.05, 0) is 68.4 Å². The number of rotatable bonds is 7. The maximum atomic E-state index is 12.9. The highest BCUT2D eigenvalue weighted by molar-refractivity contribution is 6.01. The average molecular weight is 490 g/mol. The number of halogens is 3. The van der Waals surface area contributed by atoms with Gasteiger partial charge in [-0.1, -0.05) is 55.4 Å². The highest BCUT2D eigenvalue weighted by Crippen LogP contribution is 2.37. The summed E-state index contributed by atoms with van der Waals surface area (Å²) in [5.41, 5.74) is 3.03. The fraction of sp³-hybridized carbons (Fsp3) is 0.393. The van der Waals surface area contributed by atoms with Gasteiger partial charge in [0.05, 0.1) is 17.4 Å². The minimum Gasteiger partial charge on any atom is -0.506 e. The maximum Gasteiger partial charge on any atom is 0.416 e.